The van der Waals surface area contributed by atoms with Gasteiger partial charge in [-0.3, -0.25) is 4.79 Å². The Labute approximate surface area is 110 Å². The van der Waals surface area contributed by atoms with Gasteiger partial charge in [-0.2, -0.15) is 0 Å². The van der Waals surface area contributed by atoms with Gasteiger partial charge in [0.05, 0.1) is 17.7 Å². The molecule has 0 aliphatic carbocycles. The first kappa shape index (κ1) is 14.6. The number of esters is 2. The summed E-state index contributed by atoms with van der Waals surface area (Å²) in [7, 11) is 0. The molecule has 100 valence electrons. The molecule has 0 heterocycles. The maximum atomic E-state index is 11.6. The monoisotopic (exact) mass is 262 g/mol. The molecule has 0 spiro atoms. The minimum atomic E-state index is -0.706. The van der Waals surface area contributed by atoms with E-state index < -0.39 is 11.9 Å². The quantitative estimate of drug-likeness (QED) is 0.340. The van der Waals surface area contributed by atoms with Crippen LogP contribution in [0.2, 0.25) is 0 Å². The number of carbonyl (C=O) groups excluding carboxylic acids is 3. The number of benzene rings is 1. The van der Waals surface area contributed by atoms with Crippen molar-refractivity contribution in [2.45, 2.75) is 13.3 Å². The minimum absolute atomic E-state index is 0.00542. The summed E-state index contributed by atoms with van der Waals surface area (Å²) in [6.45, 7) is 5.43. The second-order valence-corrected chi connectivity index (χ2v) is 3.63. The summed E-state index contributed by atoms with van der Waals surface area (Å²) >= 11 is 0. The summed E-state index contributed by atoms with van der Waals surface area (Å²) in [6, 6.07) is 4.12. The summed E-state index contributed by atoms with van der Waals surface area (Å²) < 4.78 is 9.83. The van der Waals surface area contributed by atoms with Crippen molar-refractivity contribution in [2.75, 3.05) is 6.61 Å². The van der Waals surface area contributed by atoms with E-state index in [1.54, 1.807) is 0 Å². The zero-order chi connectivity index (χ0) is 14.3. The number of hydrogen-bond acceptors (Lipinski definition) is 5. The Morgan fingerprint density at radius 1 is 1.37 bits per heavy atom. The van der Waals surface area contributed by atoms with E-state index in [2.05, 4.69) is 6.58 Å². The third-order valence-electron chi connectivity index (χ3n) is 2.19. The molecule has 1 aromatic carbocycles. The zero-order valence-electron chi connectivity index (χ0n) is 10.5. The van der Waals surface area contributed by atoms with Crippen LogP contribution in [0.5, 0.6) is 5.75 Å². The molecular weight excluding hydrogens is 248 g/mol. The van der Waals surface area contributed by atoms with Gasteiger partial charge < -0.3 is 9.47 Å². The Hall–Kier alpha value is -2.43. The Morgan fingerprint density at radius 2 is 2.11 bits per heavy atom. The van der Waals surface area contributed by atoms with Crippen LogP contribution in [0.3, 0.4) is 0 Å². The maximum Gasteiger partial charge on any atom is 0.338 e. The SMILES string of the molecule is C=CC(=O)Oc1cc(C(=O)OCCC)ccc1C=O. The van der Waals surface area contributed by atoms with Crippen molar-refractivity contribution in [2.24, 2.45) is 0 Å². The molecule has 0 aliphatic heterocycles. The first-order valence-corrected chi connectivity index (χ1v) is 5.73. The van der Waals surface area contributed by atoms with Crippen LogP contribution in [0.1, 0.15) is 34.1 Å². The summed E-state index contributed by atoms with van der Waals surface area (Å²) in [5.41, 5.74) is 0.383. The average molecular weight is 262 g/mol. The fraction of sp³-hybridized carbons (Fsp3) is 0.214. The van der Waals surface area contributed by atoms with Crippen LogP contribution in [0.4, 0.5) is 0 Å². The number of aldehydes is 1. The van der Waals surface area contributed by atoms with E-state index in [0.717, 1.165) is 6.08 Å². The molecule has 0 aromatic heterocycles. The predicted octanol–water partition coefficient (Wildman–Crippen LogP) is 2.16. The molecule has 5 heteroatoms. The van der Waals surface area contributed by atoms with Crippen LogP contribution in [0.15, 0.2) is 30.9 Å². The second-order valence-electron chi connectivity index (χ2n) is 3.63. The molecule has 0 amide bonds. The highest BCUT2D eigenvalue weighted by molar-refractivity contribution is 5.93. The topological polar surface area (TPSA) is 69.7 Å². The van der Waals surface area contributed by atoms with Crippen LogP contribution >= 0.6 is 0 Å². The van der Waals surface area contributed by atoms with Crippen molar-refractivity contribution in [1.29, 1.82) is 0 Å². The minimum Gasteiger partial charge on any atom is -0.462 e. The van der Waals surface area contributed by atoms with Gasteiger partial charge in [-0.25, -0.2) is 9.59 Å². The molecular formula is C14H14O5. The van der Waals surface area contributed by atoms with Crippen molar-refractivity contribution >= 4 is 18.2 Å². The highest BCUT2D eigenvalue weighted by Crippen LogP contribution is 2.20. The van der Waals surface area contributed by atoms with Crippen LogP contribution in [0.25, 0.3) is 0 Å². The van der Waals surface area contributed by atoms with E-state index in [4.69, 9.17) is 9.47 Å². The molecule has 0 bridgehead atoms. The predicted molar refractivity (Wildman–Crippen MR) is 68.2 cm³/mol. The maximum absolute atomic E-state index is 11.6. The summed E-state index contributed by atoms with van der Waals surface area (Å²) in [4.78, 5) is 33.6. The Bertz CT molecular complexity index is 505. The lowest BCUT2D eigenvalue weighted by Gasteiger charge is -2.07. The molecule has 0 unspecified atom stereocenters. The molecule has 0 fully saturated rings. The first-order chi connectivity index (χ1) is 9.12. The normalized spacial score (nSPS) is 9.53. The van der Waals surface area contributed by atoms with Gasteiger partial charge in [-0.05, 0) is 24.6 Å². The number of carbonyl (C=O) groups is 3. The highest BCUT2D eigenvalue weighted by Gasteiger charge is 2.13. The summed E-state index contributed by atoms with van der Waals surface area (Å²) in [5.74, 6) is -1.23. The van der Waals surface area contributed by atoms with Crippen molar-refractivity contribution in [3.63, 3.8) is 0 Å². The third kappa shape index (κ3) is 4.06. The van der Waals surface area contributed by atoms with E-state index in [9.17, 15) is 14.4 Å². The van der Waals surface area contributed by atoms with Gasteiger partial charge in [0.1, 0.15) is 5.75 Å². The Morgan fingerprint density at radius 3 is 2.68 bits per heavy atom. The van der Waals surface area contributed by atoms with Gasteiger partial charge in [0.15, 0.2) is 6.29 Å². The van der Waals surface area contributed by atoms with Gasteiger partial charge >= 0.3 is 11.9 Å². The van der Waals surface area contributed by atoms with Gasteiger partial charge in [0, 0.05) is 6.08 Å². The van der Waals surface area contributed by atoms with E-state index in [-0.39, 0.29) is 16.9 Å². The third-order valence-corrected chi connectivity index (χ3v) is 2.19. The summed E-state index contributed by atoms with van der Waals surface area (Å²) in [5, 5.41) is 0. The molecule has 0 atom stereocenters. The molecule has 0 saturated carbocycles. The van der Waals surface area contributed by atoms with Crippen LogP contribution < -0.4 is 4.74 Å². The largest absolute Gasteiger partial charge is 0.462 e. The van der Waals surface area contributed by atoms with Gasteiger partial charge in [-0.15, -0.1) is 0 Å². The number of hydrogen-bond donors (Lipinski definition) is 0. The van der Waals surface area contributed by atoms with E-state index in [0.29, 0.717) is 19.3 Å². The molecule has 1 rings (SSSR count). The van der Waals surface area contributed by atoms with Crippen molar-refractivity contribution in [3.8, 4) is 5.75 Å². The summed E-state index contributed by atoms with van der Waals surface area (Å²) in [6.07, 6.45) is 2.21. The van der Waals surface area contributed by atoms with Crippen LogP contribution in [0, 0.1) is 0 Å². The van der Waals surface area contributed by atoms with Gasteiger partial charge in [0.2, 0.25) is 0 Å². The van der Waals surface area contributed by atoms with Crippen molar-refractivity contribution in [3.05, 3.63) is 42.0 Å². The van der Waals surface area contributed by atoms with E-state index in [1.807, 2.05) is 6.92 Å². The van der Waals surface area contributed by atoms with Crippen LogP contribution in [-0.4, -0.2) is 24.8 Å². The van der Waals surface area contributed by atoms with E-state index in [1.165, 1.54) is 18.2 Å². The first-order valence-electron chi connectivity index (χ1n) is 5.73. The molecule has 0 radical (unpaired) electrons. The molecule has 0 N–H and O–H groups in total. The Kier molecular flexibility index (Phi) is 5.47. The smallest absolute Gasteiger partial charge is 0.338 e. The van der Waals surface area contributed by atoms with Crippen molar-refractivity contribution < 1.29 is 23.9 Å². The molecule has 0 aliphatic rings. The number of rotatable bonds is 6. The molecule has 19 heavy (non-hydrogen) atoms. The van der Waals surface area contributed by atoms with Gasteiger partial charge in [0.25, 0.3) is 0 Å². The second kappa shape index (κ2) is 7.10. The standard InChI is InChI=1S/C14H14O5/c1-3-7-18-14(17)10-5-6-11(9-15)12(8-10)19-13(16)4-2/h4-6,8-9H,2-3,7H2,1H3. The Balaban J connectivity index is 3.00. The highest BCUT2D eigenvalue weighted by atomic mass is 16.5. The lowest BCUT2D eigenvalue weighted by molar-refractivity contribution is -0.128. The lowest BCUT2D eigenvalue weighted by Crippen LogP contribution is -2.09. The molecule has 5 nitrogen and oxygen atoms in total. The number of ether oxygens (including phenoxy) is 2. The molecule has 1 aromatic rings. The average Bonchev–Trinajstić information content (AvgIpc) is 2.44. The lowest BCUT2D eigenvalue weighted by atomic mass is 10.1. The van der Waals surface area contributed by atoms with Gasteiger partial charge in [-0.1, -0.05) is 13.5 Å². The fourth-order valence-electron chi connectivity index (χ4n) is 1.28. The fourth-order valence-corrected chi connectivity index (χ4v) is 1.28. The molecule has 0 saturated heterocycles. The van der Waals surface area contributed by atoms with E-state index >= 15 is 0 Å². The van der Waals surface area contributed by atoms with Crippen molar-refractivity contribution in [1.82, 2.24) is 0 Å². The van der Waals surface area contributed by atoms with Crippen LogP contribution in [-0.2, 0) is 9.53 Å². The zero-order valence-corrected chi connectivity index (χ0v) is 10.5.